The zero-order chi connectivity index (χ0) is 15.1. The van der Waals surface area contributed by atoms with Gasteiger partial charge >= 0.3 is 0 Å². The summed E-state index contributed by atoms with van der Waals surface area (Å²) < 4.78 is 0. The maximum absolute atomic E-state index is 4.68. The first-order valence-corrected chi connectivity index (χ1v) is 9.26. The molecule has 0 unspecified atom stereocenters. The van der Waals surface area contributed by atoms with Gasteiger partial charge in [-0.25, -0.2) is 4.99 Å². The Labute approximate surface area is 135 Å². The van der Waals surface area contributed by atoms with Crippen LogP contribution >= 0.6 is 23.5 Å². The first-order chi connectivity index (χ1) is 10.2. The molecular formula is C17H20N2S2. The molecule has 0 aromatic heterocycles. The monoisotopic (exact) mass is 316 g/mol. The van der Waals surface area contributed by atoms with Crippen molar-refractivity contribution >= 4 is 34.4 Å². The quantitative estimate of drug-likeness (QED) is 0.482. The van der Waals surface area contributed by atoms with E-state index >= 15 is 0 Å². The van der Waals surface area contributed by atoms with Gasteiger partial charge in [-0.05, 0) is 49.3 Å². The zero-order valence-corrected chi connectivity index (χ0v) is 14.2. The minimum Gasteiger partial charge on any atom is -0.358 e. The van der Waals surface area contributed by atoms with Gasteiger partial charge < -0.3 is 5.32 Å². The van der Waals surface area contributed by atoms with E-state index in [0.717, 1.165) is 10.9 Å². The van der Waals surface area contributed by atoms with E-state index in [-0.39, 0.29) is 6.04 Å². The maximum Gasteiger partial charge on any atom is 0.161 e. The Balaban J connectivity index is 2.09. The Morgan fingerprint density at radius 1 is 1.00 bits per heavy atom. The molecule has 0 spiro atoms. The molecule has 0 saturated carbocycles. The van der Waals surface area contributed by atoms with Crippen LogP contribution in [0.3, 0.4) is 0 Å². The van der Waals surface area contributed by atoms with Crippen LogP contribution in [0.2, 0.25) is 0 Å². The Bertz CT molecular complexity index is 579. The highest BCUT2D eigenvalue weighted by Crippen LogP contribution is 2.21. The van der Waals surface area contributed by atoms with Gasteiger partial charge in [0, 0.05) is 4.90 Å². The number of hydrogen-bond acceptors (Lipinski definition) is 3. The van der Waals surface area contributed by atoms with Crippen LogP contribution in [0.1, 0.15) is 18.5 Å². The van der Waals surface area contributed by atoms with Crippen LogP contribution in [0.5, 0.6) is 0 Å². The number of thioether (sulfide) groups is 2. The van der Waals surface area contributed by atoms with Crippen LogP contribution in [-0.2, 0) is 0 Å². The fraction of sp³-hybridized carbons (Fsp3) is 0.235. The predicted molar refractivity (Wildman–Crippen MR) is 96.8 cm³/mol. The van der Waals surface area contributed by atoms with E-state index in [1.165, 1.54) is 10.5 Å². The number of benzene rings is 2. The second-order valence-corrected chi connectivity index (χ2v) is 6.27. The first kappa shape index (κ1) is 16.0. The van der Waals surface area contributed by atoms with Crippen molar-refractivity contribution < 1.29 is 0 Å². The molecule has 0 aliphatic rings. The van der Waals surface area contributed by atoms with E-state index in [1.807, 2.05) is 12.3 Å². The average molecular weight is 316 g/mol. The van der Waals surface area contributed by atoms with Gasteiger partial charge in [0.15, 0.2) is 5.17 Å². The van der Waals surface area contributed by atoms with E-state index in [4.69, 9.17) is 0 Å². The molecule has 110 valence electrons. The van der Waals surface area contributed by atoms with E-state index in [0.29, 0.717) is 0 Å². The standard InChI is InChI=1S/C17H20N2S2/c1-13(14-7-5-4-6-8-14)18-17(21-3)19-15-9-11-16(20-2)12-10-15/h4-13H,1-3H3,(H,18,19)/t13-/m0/s1. The van der Waals surface area contributed by atoms with Gasteiger partial charge in [0.05, 0.1) is 11.7 Å². The van der Waals surface area contributed by atoms with E-state index in [2.05, 4.69) is 72.0 Å². The second-order valence-electron chi connectivity index (χ2n) is 4.60. The molecule has 0 aliphatic heterocycles. The van der Waals surface area contributed by atoms with Gasteiger partial charge in [0.2, 0.25) is 0 Å². The van der Waals surface area contributed by atoms with E-state index in [9.17, 15) is 0 Å². The SMILES string of the molecule is CSC(=Nc1ccc(SC)cc1)N[C@@H](C)c1ccccc1. The van der Waals surface area contributed by atoms with Crippen molar-refractivity contribution in [3.8, 4) is 0 Å². The molecule has 0 aliphatic carbocycles. The summed E-state index contributed by atoms with van der Waals surface area (Å²) in [6, 6.07) is 19.0. The third-order valence-corrected chi connectivity index (χ3v) is 4.48. The maximum atomic E-state index is 4.68. The second kappa shape index (κ2) is 8.15. The minimum absolute atomic E-state index is 0.239. The van der Waals surface area contributed by atoms with Crippen LogP contribution in [0, 0.1) is 0 Å². The van der Waals surface area contributed by atoms with Crippen LogP contribution in [-0.4, -0.2) is 17.7 Å². The van der Waals surface area contributed by atoms with Crippen LogP contribution in [0.15, 0.2) is 64.5 Å². The van der Waals surface area contributed by atoms with Crippen LogP contribution < -0.4 is 5.32 Å². The molecule has 1 N–H and O–H groups in total. The molecule has 0 saturated heterocycles. The summed E-state index contributed by atoms with van der Waals surface area (Å²) in [6.07, 6.45) is 4.12. The van der Waals surface area contributed by atoms with Gasteiger partial charge in [-0.15, -0.1) is 11.8 Å². The first-order valence-electron chi connectivity index (χ1n) is 6.81. The Morgan fingerprint density at radius 2 is 1.67 bits per heavy atom. The van der Waals surface area contributed by atoms with Gasteiger partial charge in [0.1, 0.15) is 0 Å². The summed E-state index contributed by atoms with van der Waals surface area (Å²) in [5.74, 6) is 0. The topological polar surface area (TPSA) is 24.4 Å². The van der Waals surface area contributed by atoms with Gasteiger partial charge in [-0.1, -0.05) is 42.1 Å². The third-order valence-electron chi connectivity index (χ3n) is 3.14. The summed E-state index contributed by atoms with van der Waals surface area (Å²) in [4.78, 5) is 5.93. The molecule has 2 aromatic carbocycles. The van der Waals surface area contributed by atoms with Crippen molar-refractivity contribution in [3.05, 3.63) is 60.2 Å². The van der Waals surface area contributed by atoms with Crippen molar-refractivity contribution in [2.75, 3.05) is 12.5 Å². The van der Waals surface area contributed by atoms with Crippen molar-refractivity contribution in [2.24, 2.45) is 4.99 Å². The highest BCUT2D eigenvalue weighted by molar-refractivity contribution is 8.13. The highest BCUT2D eigenvalue weighted by Gasteiger charge is 2.07. The van der Waals surface area contributed by atoms with Gasteiger partial charge in [-0.3, -0.25) is 0 Å². The lowest BCUT2D eigenvalue weighted by atomic mass is 10.1. The molecular weight excluding hydrogens is 296 g/mol. The molecule has 2 rings (SSSR count). The average Bonchev–Trinajstić information content (AvgIpc) is 2.55. The molecule has 21 heavy (non-hydrogen) atoms. The number of nitrogens with zero attached hydrogens (tertiary/aromatic N) is 1. The Hall–Kier alpha value is -1.39. The number of nitrogens with one attached hydrogen (secondary N) is 1. The molecule has 0 bridgehead atoms. The fourth-order valence-corrected chi connectivity index (χ4v) is 2.82. The largest absolute Gasteiger partial charge is 0.358 e. The van der Waals surface area contributed by atoms with Crippen LogP contribution in [0.25, 0.3) is 0 Å². The van der Waals surface area contributed by atoms with Crippen molar-refractivity contribution in [1.29, 1.82) is 0 Å². The predicted octanol–water partition coefficient (Wildman–Crippen LogP) is 5.11. The lowest BCUT2D eigenvalue weighted by molar-refractivity contribution is 0.724. The molecule has 2 aromatic rings. The zero-order valence-electron chi connectivity index (χ0n) is 12.5. The molecule has 0 amide bonds. The Kier molecular flexibility index (Phi) is 6.21. The van der Waals surface area contributed by atoms with Crippen LogP contribution in [0.4, 0.5) is 5.69 Å². The van der Waals surface area contributed by atoms with Crippen molar-refractivity contribution in [3.63, 3.8) is 0 Å². The van der Waals surface area contributed by atoms with Gasteiger partial charge in [0.25, 0.3) is 0 Å². The third kappa shape index (κ3) is 4.83. The minimum atomic E-state index is 0.239. The molecule has 0 fully saturated rings. The molecule has 0 heterocycles. The van der Waals surface area contributed by atoms with Crippen molar-refractivity contribution in [2.45, 2.75) is 17.9 Å². The molecule has 1 atom stereocenters. The molecule has 0 radical (unpaired) electrons. The summed E-state index contributed by atoms with van der Waals surface area (Å²) in [6.45, 7) is 2.15. The van der Waals surface area contributed by atoms with E-state index in [1.54, 1.807) is 23.5 Å². The summed E-state index contributed by atoms with van der Waals surface area (Å²) >= 11 is 3.37. The van der Waals surface area contributed by atoms with Gasteiger partial charge in [-0.2, -0.15) is 0 Å². The smallest absolute Gasteiger partial charge is 0.161 e. The number of aliphatic imine (C=N–C) groups is 1. The highest BCUT2D eigenvalue weighted by atomic mass is 32.2. The lowest BCUT2D eigenvalue weighted by Gasteiger charge is -2.16. The fourth-order valence-electron chi connectivity index (χ4n) is 1.92. The summed E-state index contributed by atoms with van der Waals surface area (Å²) in [7, 11) is 0. The summed E-state index contributed by atoms with van der Waals surface area (Å²) in [5, 5.41) is 4.40. The number of hydrogen-bond donors (Lipinski definition) is 1. The molecule has 2 nitrogen and oxygen atoms in total. The normalized spacial score (nSPS) is 13.0. The Morgan fingerprint density at radius 3 is 2.24 bits per heavy atom. The lowest BCUT2D eigenvalue weighted by Crippen LogP contribution is -2.23. The molecule has 4 heteroatoms. The van der Waals surface area contributed by atoms with E-state index < -0.39 is 0 Å². The number of rotatable bonds is 4. The summed E-state index contributed by atoms with van der Waals surface area (Å²) in [5.41, 5.74) is 2.24. The van der Waals surface area contributed by atoms with Crippen molar-refractivity contribution in [1.82, 2.24) is 5.32 Å². The number of amidine groups is 1.